The first-order valence-corrected chi connectivity index (χ1v) is 7.78. The maximum absolute atomic E-state index is 5.64. The van der Waals surface area contributed by atoms with Crippen molar-refractivity contribution >= 4 is 0 Å². The summed E-state index contributed by atoms with van der Waals surface area (Å²) in [6.45, 7) is 11.6. The Morgan fingerprint density at radius 1 is 1.25 bits per heavy atom. The van der Waals surface area contributed by atoms with Gasteiger partial charge in [-0.3, -0.25) is 4.90 Å². The van der Waals surface area contributed by atoms with Crippen LogP contribution in [0.15, 0.2) is 4.42 Å². The van der Waals surface area contributed by atoms with E-state index in [0.717, 1.165) is 37.8 Å². The highest BCUT2D eigenvalue weighted by Gasteiger charge is 2.25. The highest BCUT2D eigenvalue weighted by molar-refractivity contribution is 4.87. The molecule has 1 atom stereocenters. The van der Waals surface area contributed by atoms with E-state index in [1.165, 1.54) is 19.3 Å². The van der Waals surface area contributed by atoms with E-state index in [1.54, 1.807) is 0 Å². The first-order valence-electron chi connectivity index (χ1n) is 7.78. The molecule has 0 aliphatic carbocycles. The number of piperidine rings is 1. The molecule has 0 bridgehead atoms. The summed E-state index contributed by atoms with van der Waals surface area (Å²) in [7, 11) is 0. The summed E-state index contributed by atoms with van der Waals surface area (Å²) in [6.07, 6.45) is 4.64. The first kappa shape index (κ1) is 15.4. The van der Waals surface area contributed by atoms with Gasteiger partial charge in [0.2, 0.25) is 11.8 Å². The number of hydrogen-bond donors (Lipinski definition) is 1. The number of likely N-dealkylation sites (tertiary alicyclic amines) is 1. The fraction of sp³-hybridized carbons (Fsp3) is 0.867. The van der Waals surface area contributed by atoms with E-state index in [0.29, 0.717) is 6.04 Å². The molecule has 1 aliphatic heterocycles. The van der Waals surface area contributed by atoms with Crippen LogP contribution in [-0.2, 0) is 13.0 Å². The van der Waals surface area contributed by atoms with Crippen LogP contribution in [0, 0.1) is 0 Å². The van der Waals surface area contributed by atoms with Crippen molar-refractivity contribution in [3.05, 3.63) is 11.8 Å². The smallest absolute Gasteiger partial charge is 0.230 e. The van der Waals surface area contributed by atoms with Crippen LogP contribution in [0.25, 0.3) is 0 Å². The van der Waals surface area contributed by atoms with Gasteiger partial charge in [0.15, 0.2) is 0 Å². The van der Waals surface area contributed by atoms with Gasteiger partial charge in [-0.15, -0.1) is 10.2 Å². The second-order valence-corrected chi connectivity index (χ2v) is 6.69. The third kappa shape index (κ3) is 4.56. The van der Waals surface area contributed by atoms with Crippen molar-refractivity contribution in [3.8, 4) is 0 Å². The molecule has 5 nitrogen and oxygen atoms in total. The summed E-state index contributed by atoms with van der Waals surface area (Å²) in [5.41, 5.74) is 0.170. The highest BCUT2D eigenvalue weighted by Crippen LogP contribution is 2.19. The van der Waals surface area contributed by atoms with Crippen molar-refractivity contribution in [2.45, 2.75) is 71.5 Å². The van der Waals surface area contributed by atoms with E-state index >= 15 is 0 Å². The molecule has 1 saturated heterocycles. The molecule has 1 aromatic heterocycles. The molecule has 1 aliphatic rings. The highest BCUT2D eigenvalue weighted by atomic mass is 16.4. The third-order valence-corrected chi connectivity index (χ3v) is 3.77. The molecule has 20 heavy (non-hydrogen) atoms. The van der Waals surface area contributed by atoms with E-state index < -0.39 is 0 Å². The molecule has 5 heteroatoms. The summed E-state index contributed by atoms with van der Waals surface area (Å²) >= 11 is 0. The molecule has 0 radical (unpaired) electrons. The molecule has 2 heterocycles. The summed E-state index contributed by atoms with van der Waals surface area (Å²) in [5, 5.41) is 11.8. The third-order valence-electron chi connectivity index (χ3n) is 3.77. The second kappa shape index (κ2) is 6.68. The Balaban J connectivity index is 1.92. The van der Waals surface area contributed by atoms with Gasteiger partial charge in [0, 0.05) is 24.5 Å². The maximum atomic E-state index is 5.64. The molecule has 2 rings (SSSR count). The molecule has 0 amide bonds. The topological polar surface area (TPSA) is 54.2 Å². The normalized spacial score (nSPS) is 21.3. The average molecular weight is 280 g/mol. The lowest BCUT2D eigenvalue weighted by Gasteiger charge is -2.36. The van der Waals surface area contributed by atoms with Gasteiger partial charge in [-0.05, 0) is 40.2 Å². The number of nitrogens with one attached hydrogen (secondary N) is 1. The molecule has 0 saturated carbocycles. The SMILES string of the molecule is CCc1nnc(CN2CCCCC2CNC(C)(C)C)o1. The van der Waals surface area contributed by atoms with Gasteiger partial charge in [0.25, 0.3) is 0 Å². The number of nitrogens with zero attached hydrogens (tertiary/aromatic N) is 3. The number of hydrogen-bond acceptors (Lipinski definition) is 5. The van der Waals surface area contributed by atoms with Crippen molar-refractivity contribution in [2.75, 3.05) is 13.1 Å². The molecule has 1 aromatic rings. The predicted octanol–water partition coefficient (Wildman–Crippen LogP) is 2.37. The second-order valence-electron chi connectivity index (χ2n) is 6.69. The van der Waals surface area contributed by atoms with Gasteiger partial charge in [0.1, 0.15) is 0 Å². The largest absolute Gasteiger partial charge is 0.424 e. The van der Waals surface area contributed by atoms with E-state index in [2.05, 4.69) is 41.2 Å². The Morgan fingerprint density at radius 2 is 2.00 bits per heavy atom. The quantitative estimate of drug-likeness (QED) is 0.897. The Morgan fingerprint density at radius 3 is 2.65 bits per heavy atom. The minimum absolute atomic E-state index is 0.170. The number of aromatic nitrogens is 2. The fourth-order valence-corrected chi connectivity index (χ4v) is 2.59. The van der Waals surface area contributed by atoms with Gasteiger partial charge in [-0.25, -0.2) is 0 Å². The van der Waals surface area contributed by atoms with E-state index in [-0.39, 0.29) is 5.54 Å². The molecule has 0 aromatic carbocycles. The fourth-order valence-electron chi connectivity index (χ4n) is 2.59. The van der Waals surface area contributed by atoms with E-state index in [1.807, 2.05) is 6.92 Å². The zero-order chi connectivity index (χ0) is 14.6. The standard InChI is InChI=1S/C15H28N4O/c1-5-13-17-18-14(20-13)11-19-9-7-6-8-12(19)10-16-15(2,3)4/h12,16H,5-11H2,1-4H3. The van der Waals surface area contributed by atoms with Crippen LogP contribution < -0.4 is 5.32 Å². The molecular formula is C15H28N4O. The maximum Gasteiger partial charge on any atom is 0.230 e. The van der Waals surface area contributed by atoms with Crippen molar-refractivity contribution in [1.82, 2.24) is 20.4 Å². The van der Waals surface area contributed by atoms with Gasteiger partial charge in [0.05, 0.1) is 6.54 Å². The van der Waals surface area contributed by atoms with Crippen LogP contribution in [0.5, 0.6) is 0 Å². The van der Waals surface area contributed by atoms with Crippen LogP contribution in [-0.4, -0.2) is 39.8 Å². The van der Waals surface area contributed by atoms with Gasteiger partial charge in [-0.1, -0.05) is 13.3 Å². The number of rotatable bonds is 5. The summed E-state index contributed by atoms with van der Waals surface area (Å²) < 4.78 is 5.64. The zero-order valence-corrected chi connectivity index (χ0v) is 13.3. The summed E-state index contributed by atoms with van der Waals surface area (Å²) in [6, 6.07) is 0.569. The van der Waals surface area contributed by atoms with Crippen molar-refractivity contribution in [3.63, 3.8) is 0 Å². The summed E-state index contributed by atoms with van der Waals surface area (Å²) in [4.78, 5) is 2.48. The zero-order valence-electron chi connectivity index (χ0n) is 13.3. The molecule has 1 fully saturated rings. The Labute approximate surface area is 122 Å². The Hall–Kier alpha value is -0.940. The molecule has 1 N–H and O–H groups in total. The lowest BCUT2D eigenvalue weighted by molar-refractivity contribution is 0.119. The lowest BCUT2D eigenvalue weighted by atomic mass is 10.0. The molecule has 114 valence electrons. The van der Waals surface area contributed by atoms with Gasteiger partial charge in [-0.2, -0.15) is 0 Å². The van der Waals surface area contributed by atoms with Crippen LogP contribution in [0.3, 0.4) is 0 Å². The Kier molecular flexibility index (Phi) is 5.16. The van der Waals surface area contributed by atoms with Crippen LogP contribution >= 0.6 is 0 Å². The van der Waals surface area contributed by atoms with Crippen molar-refractivity contribution in [2.24, 2.45) is 0 Å². The lowest BCUT2D eigenvalue weighted by Crippen LogP contribution is -2.49. The van der Waals surface area contributed by atoms with Gasteiger partial charge >= 0.3 is 0 Å². The van der Waals surface area contributed by atoms with Gasteiger partial charge < -0.3 is 9.73 Å². The molecular weight excluding hydrogens is 252 g/mol. The van der Waals surface area contributed by atoms with E-state index in [9.17, 15) is 0 Å². The minimum atomic E-state index is 0.170. The average Bonchev–Trinajstić information content (AvgIpc) is 2.84. The van der Waals surface area contributed by atoms with Crippen LogP contribution in [0.2, 0.25) is 0 Å². The van der Waals surface area contributed by atoms with E-state index in [4.69, 9.17) is 4.42 Å². The summed E-state index contributed by atoms with van der Waals surface area (Å²) in [5.74, 6) is 1.49. The van der Waals surface area contributed by atoms with Crippen LogP contribution in [0.4, 0.5) is 0 Å². The molecule has 0 spiro atoms. The molecule has 1 unspecified atom stereocenters. The minimum Gasteiger partial charge on any atom is -0.424 e. The predicted molar refractivity (Wildman–Crippen MR) is 79.5 cm³/mol. The van der Waals surface area contributed by atoms with Crippen molar-refractivity contribution in [1.29, 1.82) is 0 Å². The Bertz CT molecular complexity index is 410. The first-order chi connectivity index (χ1) is 9.48. The number of aryl methyl sites for hydroxylation is 1. The van der Waals surface area contributed by atoms with Crippen LogP contribution in [0.1, 0.15) is 58.7 Å². The monoisotopic (exact) mass is 280 g/mol. The van der Waals surface area contributed by atoms with Crippen molar-refractivity contribution < 1.29 is 4.42 Å².